The summed E-state index contributed by atoms with van der Waals surface area (Å²) in [6.07, 6.45) is 58.4. The minimum atomic E-state index is -0.457. The predicted octanol–water partition coefficient (Wildman–Crippen LogP) is 15.4. The second kappa shape index (κ2) is 38.3. The fraction of sp³-hybridized carbons (Fsp3) is 0.333. The number of unbranched alkanes of at least 4 members (excludes halogenated alkanes) is 2. The van der Waals surface area contributed by atoms with E-state index in [1.54, 1.807) is 12.1 Å². The maximum Gasteiger partial charge on any atom is 0.311 e. The lowest BCUT2D eigenvalue weighted by Gasteiger charge is -2.07. The molecular formula is C60H74O8. The second-order valence-electron chi connectivity index (χ2n) is 15.9. The molecule has 0 heterocycles. The van der Waals surface area contributed by atoms with Crippen LogP contribution in [0, 0.1) is 0 Å². The van der Waals surface area contributed by atoms with Gasteiger partial charge in [0.2, 0.25) is 0 Å². The van der Waals surface area contributed by atoms with Crippen molar-refractivity contribution in [3.8, 4) is 23.0 Å². The Balaban J connectivity index is 1.64. The maximum atomic E-state index is 12.5. The molecule has 0 radical (unpaired) electrons. The van der Waals surface area contributed by atoms with Crippen molar-refractivity contribution in [2.24, 2.45) is 0 Å². The van der Waals surface area contributed by atoms with E-state index in [0.29, 0.717) is 24.0 Å². The molecule has 0 saturated carbocycles. The van der Waals surface area contributed by atoms with Crippen molar-refractivity contribution >= 4 is 35.7 Å². The van der Waals surface area contributed by atoms with Crippen LogP contribution in [0.4, 0.5) is 0 Å². The fourth-order valence-corrected chi connectivity index (χ4v) is 6.11. The predicted molar refractivity (Wildman–Crippen MR) is 281 cm³/mol. The first-order valence-corrected chi connectivity index (χ1v) is 24.1. The number of phenols is 2. The van der Waals surface area contributed by atoms with Gasteiger partial charge >= 0.3 is 11.9 Å². The molecule has 0 bridgehead atoms. The molecule has 0 aliphatic carbocycles. The molecule has 0 amide bonds. The zero-order valence-electron chi connectivity index (χ0n) is 40.6. The normalized spacial score (nSPS) is 12.8. The number of carbonyl (C=O) groups excluding carboxylic acids is 4. The Bertz CT molecular complexity index is 2200. The molecule has 0 aromatic heterocycles. The Labute approximate surface area is 406 Å². The molecule has 8 heteroatoms. The van der Waals surface area contributed by atoms with Crippen molar-refractivity contribution in [1.82, 2.24) is 0 Å². The molecule has 2 aromatic carbocycles. The summed E-state index contributed by atoms with van der Waals surface area (Å²) in [5, 5.41) is 20.9. The van der Waals surface area contributed by atoms with Crippen molar-refractivity contribution < 1.29 is 38.9 Å². The first kappa shape index (κ1) is 57.3. The Morgan fingerprint density at radius 2 is 0.853 bits per heavy atom. The monoisotopic (exact) mass is 923 g/mol. The molecule has 0 unspecified atom stereocenters. The van der Waals surface area contributed by atoms with E-state index in [2.05, 4.69) is 124 Å². The Morgan fingerprint density at radius 1 is 0.485 bits per heavy atom. The zero-order valence-corrected chi connectivity index (χ0v) is 40.6. The van der Waals surface area contributed by atoms with Gasteiger partial charge in [-0.25, -0.2) is 0 Å². The highest BCUT2D eigenvalue weighted by Gasteiger charge is 2.11. The molecule has 2 rings (SSSR count). The summed E-state index contributed by atoms with van der Waals surface area (Å²) in [6, 6.07) is 8.82. The highest BCUT2D eigenvalue weighted by atomic mass is 16.5. The van der Waals surface area contributed by atoms with E-state index < -0.39 is 29.9 Å². The molecule has 362 valence electrons. The Kier molecular flexibility index (Phi) is 32.3. The van der Waals surface area contributed by atoms with Gasteiger partial charge in [-0.05, 0) is 144 Å². The summed E-state index contributed by atoms with van der Waals surface area (Å²) in [4.78, 5) is 49.7. The van der Waals surface area contributed by atoms with Crippen LogP contribution in [0.15, 0.2) is 170 Å². The summed E-state index contributed by atoms with van der Waals surface area (Å²) in [5.41, 5.74) is 2.30. The quantitative estimate of drug-likeness (QED) is 0.0177. The van der Waals surface area contributed by atoms with Crippen molar-refractivity contribution in [2.45, 2.75) is 130 Å². The molecule has 68 heavy (non-hydrogen) atoms. The van der Waals surface area contributed by atoms with Crippen LogP contribution in [-0.2, 0) is 19.2 Å². The minimum absolute atomic E-state index is 0.0222. The molecule has 8 nitrogen and oxygen atoms in total. The van der Waals surface area contributed by atoms with Crippen LogP contribution in [0.2, 0.25) is 0 Å². The van der Waals surface area contributed by atoms with Gasteiger partial charge < -0.3 is 19.7 Å². The van der Waals surface area contributed by atoms with Crippen LogP contribution in [0.1, 0.15) is 141 Å². The highest BCUT2D eigenvalue weighted by Crippen LogP contribution is 2.29. The van der Waals surface area contributed by atoms with Crippen molar-refractivity contribution in [3.63, 3.8) is 0 Å². The van der Waals surface area contributed by atoms with E-state index in [9.17, 15) is 29.4 Å². The molecule has 0 fully saturated rings. The van der Waals surface area contributed by atoms with Crippen LogP contribution in [-0.4, -0.2) is 33.7 Å². The van der Waals surface area contributed by atoms with Gasteiger partial charge in [-0.15, -0.1) is 0 Å². The molecule has 2 aromatic rings. The van der Waals surface area contributed by atoms with E-state index in [1.165, 1.54) is 54.1 Å². The van der Waals surface area contributed by atoms with Crippen molar-refractivity contribution in [1.29, 1.82) is 0 Å². The van der Waals surface area contributed by atoms with Crippen LogP contribution >= 0.6 is 0 Å². The number of esters is 2. The van der Waals surface area contributed by atoms with Gasteiger partial charge in [0.1, 0.15) is 0 Å². The molecule has 0 aliphatic rings. The van der Waals surface area contributed by atoms with Gasteiger partial charge in [-0.2, -0.15) is 0 Å². The van der Waals surface area contributed by atoms with E-state index in [1.807, 2.05) is 12.2 Å². The van der Waals surface area contributed by atoms with Crippen LogP contribution in [0.5, 0.6) is 23.0 Å². The van der Waals surface area contributed by atoms with E-state index in [4.69, 9.17) is 9.47 Å². The second-order valence-corrected chi connectivity index (χ2v) is 15.9. The number of ether oxygens (including phenoxy) is 2. The van der Waals surface area contributed by atoms with Crippen molar-refractivity contribution in [2.75, 3.05) is 0 Å². The number of hydrogen-bond acceptors (Lipinski definition) is 8. The number of aromatic hydroxyl groups is 2. The lowest BCUT2D eigenvalue weighted by atomic mass is 10.1. The number of benzene rings is 2. The summed E-state index contributed by atoms with van der Waals surface area (Å²) in [5.74, 6) is -2.28. The van der Waals surface area contributed by atoms with Gasteiger partial charge in [0.25, 0.3) is 0 Å². The highest BCUT2D eigenvalue weighted by molar-refractivity contribution is 6.10. The summed E-state index contributed by atoms with van der Waals surface area (Å²) < 4.78 is 10.7. The third kappa shape index (κ3) is 30.4. The number of ketones is 2. The van der Waals surface area contributed by atoms with Gasteiger partial charge in [0, 0.05) is 12.8 Å². The number of hydrogen-bond donors (Lipinski definition) is 2. The van der Waals surface area contributed by atoms with E-state index >= 15 is 0 Å². The SMILES string of the molecule is CCC=CCC=CCC=CCC=CCC=CCCCC(=O)Oc1ccc(C=CC(=O)CC(=O)C=Cc2ccc(OC(=O)CCCC=CCC=CCC(C)=CCC=CCC=CCC)c(O)c2)cc1O. The van der Waals surface area contributed by atoms with Gasteiger partial charge in [-0.3, -0.25) is 19.2 Å². The third-order valence-corrected chi connectivity index (χ3v) is 9.84. The smallest absolute Gasteiger partial charge is 0.311 e. The van der Waals surface area contributed by atoms with Gasteiger partial charge in [-0.1, -0.05) is 159 Å². The zero-order chi connectivity index (χ0) is 49.3. The summed E-state index contributed by atoms with van der Waals surface area (Å²) in [7, 11) is 0. The van der Waals surface area contributed by atoms with E-state index in [-0.39, 0.29) is 35.8 Å². The molecule has 0 aliphatic heterocycles. The minimum Gasteiger partial charge on any atom is -0.504 e. The number of allylic oxidation sites excluding steroid dienone is 22. The maximum absolute atomic E-state index is 12.5. The molecule has 2 N–H and O–H groups in total. The Morgan fingerprint density at radius 3 is 1.25 bits per heavy atom. The first-order chi connectivity index (χ1) is 33.1. The van der Waals surface area contributed by atoms with Gasteiger partial charge in [0.05, 0.1) is 6.42 Å². The third-order valence-electron chi connectivity index (χ3n) is 9.84. The Hall–Kier alpha value is -6.80. The topological polar surface area (TPSA) is 127 Å². The average Bonchev–Trinajstić information content (AvgIpc) is 3.32. The molecule has 0 atom stereocenters. The number of carbonyl (C=O) groups is 4. The average molecular weight is 923 g/mol. The standard InChI is InChI=1S/C60H74O8/c1-4-6-8-10-12-13-14-15-16-17-18-19-20-21-25-29-33-37-59(65)67-57-45-41-51(47-55(57)63)39-43-53(61)49-54(62)44-40-52-42-46-58(56(64)48-52)68-60(66)38-34-30-26-22-24-28-32-36-50(3)35-31-27-23-11-9-7-5-2/h6-9,12-13,15-16,18-19,21-23,25-28,32,35,39-48,63-64H,4-5,10-11,14,17,20,24,29-31,33-34,36-38,49H2,1-3H3. The number of phenolic OH excluding ortho intramolecular Hbond substituents is 2. The van der Waals surface area contributed by atoms with Crippen molar-refractivity contribution in [3.05, 3.63) is 181 Å². The molecule has 0 spiro atoms. The van der Waals surface area contributed by atoms with Crippen LogP contribution < -0.4 is 9.47 Å². The molecule has 0 saturated heterocycles. The lowest BCUT2D eigenvalue weighted by Crippen LogP contribution is -2.07. The van der Waals surface area contributed by atoms with Crippen LogP contribution in [0.25, 0.3) is 12.2 Å². The fourth-order valence-electron chi connectivity index (χ4n) is 6.11. The first-order valence-electron chi connectivity index (χ1n) is 24.1. The molecular weight excluding hydrogens is 849 g/mol. The number of rotatable bonds is 34. The summed E-state index contributed by atoms with van der Waals surface area (Å²) >= 11 is 0. The largest absolute Gasteiger partial charge is 0.504 e. The summed E-state index contributed by atoms with van der Waals surface area (Å²) in [6.45, 7) is 6.41. The van der Waals surface area contributed by atoms with Crippen LogP contribution in [0.3, 0.4) is 0 Å². The van der Waals surface area contributed by atoms with E-state index in [0.717, 1.165) is 77.0 Å². The van der Waals surface area contributed by atoms with Gasteiger partial charge in [0.15, 0.2) is 34.6 Å². The lowest BCUT2D eigenvalue weighted by molar-refractivity contribution is -0.135.